The van der Waals surface area contributed by atoms with Gasteiger partial charge >= 0.3 is 0 Å². The van der Waals surface area contributed by atoms with Crippen molar-refractivity contribution in [1.29, 1.82) is 0 Å². The van der Waals surface area contributed by atoms with Crippen LogP contribution in [0.1, 0.15) is 47.5 Å². The fourth-order valence-corrected chi connectivity index (χ4v) is 4.26. The van der Waals surface area contributed by atoms with Crippen molar-refractivity contribution in [3.8, 4) is 0 Å². The number of hydrogen-bond donors (Lipinski definition) is 1. The van der Waals surface area contributed by atoms with Crippen LogP contribution in [0.25, 0.3) is 0 Å². The largest absolute Gasteiger partial charge is 0.302 e. The minimum atomic E-state index is -0.196. The molecular formula is C16H18BrFN2S. The topological polar surface area (TPSA) is 24.9 Å². The molecule has 1 unspecified atom stereocenters. The lowest BCUT2D eigenvalue weighted by Crippen LogP contribution is -2.29. The smallest absolute Gasteiger partial charge is 0.129 e. The van der Waals surface area contributed by atoms with Crippen molar-refractivity contribution in [2.45, 2.75) is 45.2 Å². The molecule has 5 heteroatoms. The Morgan fingerprint density at radius 3 is 2.81 bits per heavy atom. The summed E-state index contributed by atoms with van der Waals surface area (Å²) in [5, 5.41) is 4.44. The second kappa shape index (κ2) is 6.15. The first kappa shape index (κ1) is 15.1. The summed E-state index contributed by atoms with van der Waals surface area (Å²) in [6.45, 7) is 4.15. The van der Waals surface area contributed by atoms with Gasteiger partial charge in [0.1, 0.15) is 10.8 Å². The third-order valence-corrected chi connectivity index (χ3v) is 5.35. The maximum absolute atomic E-state index is 14.3. The molecule has 0 amide bonds. The first-order valence-electron chi connectivity index (χ1n) is 7.24. The quantitative estimate of drug-likeness (QED) is 0.851. The molecule has 1 atom stereocenters. The molecule has 1 aliphatic rings. The van der Waals surface area contributed by atoms with E-state index in [-0.39, 0.29) is 17.9 Å². The van der Waals surface area contributed by atoms with E-state index >= 15 is 0 Å². The molecule has 3 rings (SSSR count). The normalized spacial score (nSPS) is 15.5. The first-order valence-corrected chi connectivity index (χ1v) is 8.85. The van der Waals surface area contributed by atoms with E-state index in [1.54, 1.807) is 11.3 Å². The molecule has 1 heterocycles. The highest BCUT2D eigenvalue weighted by molar-refractivity contribution is 9.10. The predicted molar refractivity (Wildman–Crippen MR) is 88.4 cm³/mol. The fourth-order valence-electron chi connectivity index (χ4n) is 2.70. The Labute approximate surface area is 136 Å². The van der Waals surface area contributed by atoms with Crippen LogP contribution in [0.3, 0.4) is 0 Å². The summed E-state index contributed by atoms with van der Waals surface area (Å²) in [6, 6.07) is 5.33. The van der Waals surface area contributed by atoms with E-state index in [0.717, 1.165) is 22.3 Å². The number of aromatic nitrogens is 1. The van der Waals surface area contributed by atoms with Gasteiger partial charge in [0.15, 0.2) is 0 Å². The molecule has 0 fully saturated rings. The fraction of sp³-hybridized carbons (Fsp3) is 0.438. The summed E-state index contributed by atoms with van der Waals surface area (Å²) < 4.78 is 15.1. The molecule has 0 spiro atoms. The average Bonchev–Trinajstić information content (AvgIpc) is 2.96. The lowest BCUT2D eigenvalue weighted by Gasteiger charge is -2.20. The van der Waals surface area contributed by atoms with Crippen molar-refractivity contribution < 1.29 is 4.39 Å². The van der Waals surface area contributed by atoms with Crippen molar-refractivity contribution in [1.82, 2.24) is 10.3 Å². The van der Waals surface area contributed by atoms with Crippen molar-refractivity contribution in [2.75, 3.05) is 0 Å². The molecule has 1 aromatic heterocycles. The number of hydrogen-bond acceptors (Lipinski definition) is 3. The van der Waals surface area contributed by atoms with Crippen LogP contribution in [0.2, 0.25) is 0 Å². The molecule has 1 N–H and O–H groups in total. The summed E-state index contributed by atoms with van der Waals surface area (Å²) in [5.41, 5.74) is 1.88. The zero-order valence-corrected chi connectivity index (χ0v) is 14.5. The molecule has 2 nitrogen and oxygen atoms in total. The number of rotatable bonds is 4. The summed E-state index contributed by atoms with van der Waals surface area (Å²) in [4.78, 5) is 6.13. The van der Waals surface area contributed by atoms with Gasteiger partial charge in [-0.05, 0) is 45.2 Å². The number of nitrogens with zero attached hydrogens (tertiary/aromatic N) is 1. The van der Waals surface area contributed by atoms with Gasteiger partial charge in [-0.3, -0.25) is 0 Å². The molecule has 112 valence electrons. The van der Waals surface area contributed by atoms with Crippen molar-refractivity contribution in [3.63, 3.8) is 0 Å². The molecule has 0 saturated carbocycles. The Morgan fingerprint density at radius 1 is 1.33 bits per heavy atom. The molecule has 21 heavy (non-hydrogen) atoms. The van der Waals surface area contributed by atoms with Crippen LogP contribution in [0.15, 0.2) is 22.7 Å². The summed E-state index contributed by atoms with van der Waals surface area (Å²) in [7, 11) is 0. The first-order chi connectivity index (χ1) is 10.0. The van der Waals surface area contributed by atoms with Crippen LogP contribution in [0, 0.1) is 5.82 Å². The lowest BCUT2D eigenvalue weighted by atomic mass is 10.1. The van der Waals surface area contributed by atoms with Crippen LogP contribution in [-0.2, 0) is 12.8 Å². The summed E-state index contributed by atoms with van der Waals surface area (Å²) >= 11 is 5.04. The van der Waals surface area contributed by atoms with Gasteiger partial charge < -0.3 is 5.32 Å². The monoisotopic (exact) mass is 368 g/mol. The van der Waals surface area contributed by atoms with Crippen LogP contribution < -0.4 is 5.32 Å². The molecule has 0 saturated heterocycles. The Bertz CT molecular complexity index is 632. The van der Waals surface area contributed by atoms with E-state index in [2.05, 4.69) is 35.1 Å². The highest BCUT2D eigenvalue weighted by Crippen LogP contribution is 2.34. The number of benzene rings is 1. The zero-order valence-electron chi connectivity index (χ0n) is 12.1. The molecular weight excluding hydrogens is 351 g/mol. The standard InChI is InChI=1S/C16H18BrFN2S/c1-9(2)19-15(11-7-6-10(17)8-12(11)18)16-20-13-4-3-5-14(13)21-16/h6-9,15,19H,3-5H2,1-2H3. The molecule has 0 aliphatic heterocycles. The molecule has 1 aliphatic carbocycles. The van der Waals surface area contributed by atoms with E-state index in [9.17, 15) is 4.39 Å². The van der Waals surface area contributed by atoms with E-state index in [1.165, 1.54) is 23.1 Å². The Morgan fingerprint density at radius 2 is 2.14 bits per heavy atom. The minimum absolute atomic E-state index is 0.173. The van der Waals surface area contributed by atoms with Crippen molar-refractivity contribution in [3.05, 3.63) is 49.6 Å². The van der Waals surface area contributed by atoms with Crippen LogP contribution in [0.5, 0.6) is 0 Å². The number of aryl methyl sites for hydroxylation is 2. The summed E-state index contributed by atoms with van der Waals surface area (Å²) in [5.74, 6) is -0.196. The summed E-state index contributed by atoms with van der Waals surface area (Å²) in [6.07, 6.45) is 3.37. The van der Waals surface area contributed by atoms with Gasteiger partial charge in [0.2, 0.25) is 0 Å². The molecule has 0 bridgehead atoms. The van der Waals surface area contributed by atoms with Crippen LogP contribution >= 0.6 is 27.3 Å². The predicted octanol–water partition coefficient (Wildman–Crippen LogP) is 4.62. The van der Waals surface area contributed by atoms with E-state index in [1.807, 2.05) is 12.1 Å². The van der Waals surface area contributed by atoms with Gasteiger partial charge in [-0.1, -0.05) is 22.0 Å². The lowest BCUT2D eigenvalue weighted by molar-refractivity contribution is 0.501. The number of thiazole rings is 1. The van der Waals surface area contributed by atoms with Crippen LogP contribution in [-0.4, -0.2) is 11.0 Å². The van der Waals surface area contributed by atoms with Gasteiger partial charge in [0.05, 0.1) is 11.7 Å². The number of halogens is 2. The molecule has 2 aromatic rings. The van der Waals surface area contributed by atoms with Crippen LogP contribution in [0.4, 0.5) is 4.39 Å². The minimum Gasteiger partial charge on any atom is -0.302 e. The second-order valence-corrected chi connectivity index (χ2v) is 7.73. The highest BCUT2D eigenvalue weighted by Gasteiger charge is 2.25. The van der Waals surface area contributed by atoms with Gasteiger partial charge in [-0.15, -0.1) is 11.3 Å². The van der Waals surface area contributed by atoms with Gasteiger partial charge in [0.25, 0.3) is 0 Å². The third-order valence-electron chi connectivity index (χ3n) is 3.63. The van der Waals surface area contributed by atoms with E-state index < -0.39 is 0 Å². The second-order valence-electron chi connectivity index (χ2n) is 5.70. The molecule has 1 aromatic carbocycles. The Kier molecular flexibility index (Phi) is 4.43. The maximum atomic E-state index is 14.3. The van der Waals surface area contributed by atoms with Gasteiger partial charge in [-0.25, -0.2) is 9.37 Å². The third kappa shape index (κ3) is 3.20. The van der Waals surface area contributed by atoms with Crippen molar-refractivity contribution >= 4 is 27.3 Å². The number of nitrogens with one attached hydrogen (secondary N) is 1. The van der Waals surface area contributed by atoms with E-state index in [4.69, 9.17) is 4.98 Å². The maximum Gasteiger partial charge on any atom is 0.129 e. The van der Waals surface area contributed by atoms with E-state index in [0.29, 0.717) is 5.56 Å². The highest BCUT2D eigenvalue weighted by atomic mass is 79.9. The van der Waals surface area contributed by atoms with Gasteiger partial charge in [-0.2, -0.15) is 0 Å². The zero-order chi connectivity index (χ0) is 15.0. The molecule has 0 radical (unpaired) electrons. The van der Waals surface area contributed by atoms with Gasteiger partial charge in [0, 0.05) is 21.0 Å². The number of fused-ring (bicyclic) bond motifs is 1. The average molecular weight is 369 g/mol. The SMILES string of the molecule is CC(C)NC(c1nc2c(s1)CCC2)c1ccc(Br)cc1F. The Balaban J connectivity index is 2.00. The Hall–Kier alpha value is -0.780. The van der Waals surface area contributed by atoms with Crippen molar-refractivity contribution in [2.24, 2.45) is 0 Å².